The number of fused-ring (bicyclic) bond motifs is 1. The van der Waals surface area contributed by atoms with Crippen molar-refractivity contribution in [1.29, 1.82) is 0 Å². The molecule has 1 N–H and O–H groups in total. The Balaban J connectivity index is 1.37. The van der Waals surface area contributed by atoms with Crippen LogP contribution in [0.25, 0.3) is 10.9 Å². The molecule has 0 saturated carbocycles. The SMILES string of the molecule is CCOc1ccc(CN2CCC(O)(Cn3ccc4ccncc43)CC2)cc1OC. The van der Waals surface area contributed by atoms with Gasteiger partial charge in [0.1, 0.15) is 0 Å². The molecule has 0 amide bonds. The molecular formula is C23H29N3O3. The molecule has 154 valence electrons. The van der Waals surface area contributed by atoms with Crippen LogP contribution in [0.2, 0.25) is 0 Å². The van der Waals surface area contributed by atoms with Crippen molar-refractivity contribution in [1.82, 2.24) is 14.5 Å². The molecule has 3 heterocycles. The average Bonchev–Trinajstić information content (AvgIpc) is 3.14. The first kappa shape index (κ1) is 19.7. The van der Waals surface area contributed by atoms with Crippen LogP contribution in [0.4, 0.5) is 0 Å². The summed E-state index contributed by atoms with van der Waals surface area (Å²) in [5.74, 6) is 1.55. The van der Waals surface area contributed by atoms with Crippen molar-refractivity contribution in [2.24, 2.45) is 0 Å². The van der Waals surface area contributed by atoms with Gasteiger partial charge < -0.3 is 19.1 Å². The zero-order valence-corrected chi connectivity index (χ0v) is 17.2. The number of methoxy groups -OCH3 is 1. The van der Waals surface area contributed by atoms with Gasteiger partial charge in [-0.2, -0.15) is 0 Å². The number of aromatic nitrogens is 2. The number of benzene rings is 1. The summed E-state index contributed by atoms with van der Waals surface area (Å²) in [7, 11) is 1.67. The lowest BCUT2D eigenvalue weighted by molar-refractivity contribution is -0.0349. The van der Waals surface area contributed by atoms with Crippen molar-refractivity contribution in [2.75, 3.05) is 26.8 Å². The highest BCUT2D eigenvalue weighted by molar-refractivity contribution is 5.78. The van der Waals surface area contributed by atoms with Crippen LogP contribution < -0.4 is 9.47 Å². The Bertz CT molecular complexity index is 961. The standard InChI is InChI=1S/C23H29N3O3/c1-3-29-21-5-4-18(14-22(21)28-2)16-25-12-8-23(27,9-13-25)17-26-11-7-19-6-10-24-15-20(19)26/h4-7,10-11,14-15,27H,3,8-9,12-13,16-17H2,1-2H3. The minimum atomic E-state index is -0.686. The lowest BCUT2D eigenvalue weighted by Crippen LogP contribution is -2.46. The lowest BCUT2D eigenvalue weighted by atomic mass is 9.91. The molecule has 1 aromatic carbocycles. The van der Waals surface area contributed by atoms with E-state index < -0.39 is 5.60 Å². The number of pyridine rings is 1. The summed E-state index contributed by atoms with van der Waals surface area (Å²) in [6.07, 6.45) is 7.22. The van der Waals surface area contributed by atoms with Crippen LogP contribution in [0.3, 0.4) is 0 Å². The Labute approximate surface area is 171 Å². The molecule has 1 fully saturated rings. The normalized spacial score (nSPS) is 16.8. The number of piperidine rings is 1. The maximum absolute atomic E-state index is 11.2. The lowest BCUT2D eigenvalue weighted by Gasteiger charge is -2.38. The molecule has 1 aliphatic rings. The number of rotatable bonds is 7. The summed E-state index contributed by atoms with van der Waals surface area (Å²) >= 11 is 0. The van der Waals surface area contributed by atoms with E-state index in [0.29, 0.717) is 13.2 Å². The molecular weight excluding hydrogens is 366 g/mol. The molecule has 6 nitrogen and oxygen atoms in total. The Morgan fingerprint density at radius 2 is 1.97 bits per heavy atom. The van der Waals surface area contributed by atoms with E-state index in [-0.39, 0.29) is 0 Å². The summed E-state index contributed by atoms with van der Waals surface area (Å²) in [4.78, 5) is 6.61. The Morgan fingerprint density at radius 3 is 2.72 bits per heavy atom. The molecule has 0 spiro atoms. The molecule has 29 heavy (non-hydrogen) atoms. The number of ether oxygens (including phenoxy) is 2. The number of hydrogen-bond donors (Lipinski definition) is 1. The van der Waals surface area contributed by atoms with Crippen LogP contribution in [-0.2, 0) is 13.1 Å². The van der Waals surface area contributed by atoms with E-state index in [1.54, 1.807) is 13.3 Å². The van der Waals surface area contributed by atoms with Crippen LogP contribution in [0.15, 0.2) is 48.9 Å². The minimum Gasteiger partial charge on any atom is -0.493 e. The first-order valence-electron chi connectivity index (χ1n) is 10.2. The summed E-state index contributed by atoms with van der Waals surface area (Å²) in [6, 6.07) is 10.2. The predicted octanol–water partition coefficient (Wildman–Crippen LogP) is 3.47. The van der Waals surface area contributed by atoms with Gasteiger partial charge in [0.2, 0.25) is 0 Å². The number of aliphatic hydroxyl groups is 1. The summed E-state index contributed by atoms with van der Waals surface area (Å²) in [6.45, 7) is 5.76. The van der Waals surface area contributed by atoms with Crippen LogP contribution in [-0.4, -0.2) is 52.0 Å². The van der Waals surface area contributed by atoms with Gasteiger partial charge in [0, 0.05) is 37.4 Å². The van der Waals surface area contributed by atoms with Gasteiger partial charge in [-0.1, -0.05) is 6.07 Å². The Kier molecular flexibility index (Phi) is 5.74. The fourth-order valence-electron chi connectivity index (χ4n) is 4.11. The van der Waals surface area contributed by atoms with E-state index in [9.17, 15) is 5.11 Å². The number of hydrogen-bond acceptors (Lipinski definition) is 5. The molecule has 0 radical (unpaired) electrons. The topological polar surface area (TPSA) is 59.8 Å². The molecule has 1 aliphatic heterocycles. The van der Waals surface area contributed by atoms with Gasteiger partial charge in [-0.3, -0.25) is 9.88 Å². The first-order valence-corrected chi connectivity index (χ1v) is 10.2. The maximum Gasteiger partial charge on any atom is 0.161 e. The zero-order valence-electron chi connectivity index (χ0n) is 17.2. The fourth-order valence-corrected chi connectivity index (χ4v) is 4.11. The molecule has 3 aromatic rings. The molecule has 2 aromatic heterocycles. The van der Waals surface area contributed by atoms with Crippen molar-refractivity contribution in [3.05, 3.63) is 54.5 Å². The van der Waals surface area contributed by atoms with E-state index in [4.69, 9.17) is 9.47 Å². The van der Waals surface area contributed by atoms with Gasteiger partial charge in [0.25, 0.3) is 0 Å². The Hall–Kier alpha value is -2.57. The average molecular weight is 396 g/mol. The Morgan fingerprint density at radius 1 is 1.14 bits per heavy atom. The van der Waals surface area contributed by atoms with E-state index in [0.717, 1.165) is 54.9 Å². The summed E-state index contributed by atoms with van der Waals surface area (Å²) in [5.41, 5.74) is 1.58. The largest absolute Gasteiger partial charge is 0.493 e. The third-order valence-electron chi connectivity index (χ3n) is 5.76. The molecule has 0 aliphatic carbocycles. The first-order chi connectivity index (χ1) is 14.1. The highest BCUT2D eigenvalue weighted by Crippen LogP contribution is 2.30. The second-order valence-corrected chi connectivity index (χ2v) is 7.80. The van der Waals surface area contributed by atoms with Gasteiger partial charge in [0.15, 0.2) is 11.5 Å². The van der Waals surface area contributed by atoms with Gasteiger partial charge in [-0.15, -0.1) is 0 Å². The molecule has 6 heteroatoms. The maximum atomic E-state index is 11.2. The summed E-state index contributed by atoms with van der Waals surface area (Å²) in [5, 5.41) is 12.3. The third kappa shape index (κ3) is 4.38. The van der Waals surface area contributed by atoms with Gasteiger partial charge in [0.05, 0.1) is 37.6 Å². The third-order valence-corrected chi connectivity index (χ3v) is 5.76. The smallest absolute Gasteiger partial charge is 0.161 e. The van der Waals surface area contributed by atoms with Crippen LogP contribution >= 0.6 is 0 Å². The minimum absolute atomic E-state index is 0.604. The fraction of sp³-hybridized carbons (Fsp3) is 0.435. The predicted molar refractivity (Wildman–Crippen MR) is 113 cm³/mol. The summed E-state index contributed by atoms with van der Waals surface area (Å²) < 4.78 is 13.2. The highest BCUT2D eigenvalue weighted by atomic mass is 16.5. The van der Waals surface area contributed by atoms with Crippen molar-refractivity contribution >= 4 is 10.9 Å². The van der Waals surface area contributed by atoms with E-state index >= 15 is 0 Å². The van der Waals surface area contributed by atoms with Crippen LogP contribution in [0.5, 0.6) is 11.5 Å². The molecule has 0 bridgehead atoms. The van der Waals surface area contributed by atoms with Crippen molar-refractivity contribution < 1.29 is 14.6 Å². The second-order valence-electron chi connectivity index (χ2n) is 7.80. The number of likely N-dealkylation sites (tertiary alicyclic amines) is 1. The quantitative estimate of drug-likeness (QED) is 0.664. The van der Waals surface area contributed by atoms with Crippen molar-refractivity contribution in [3.63, 3.8) is 0 Å². The molecule has 4 rings (SSSR count). The molecule has 0 atom stereocenters. The molecule has 0 unspecified atom stereocenters. The van der Waals surface area contributed by atoms with Crippen molar-refractivity contribution in [3.8, 4) is 11.5 Å². The van der Waals surface area contributed by atoms with Gasteiger partial charge in [-0.05, 0) is 49.6 Å². The van der Waals surface area contributed by atoms with E-state index in [1.807, 2.05) is 37.5 Å². The second kappa shape index (κ2) is 8.43. The van der Waals surface area contributed by atoms with E-state index in [2.05, 4.69) is 26.6 Å². The molecule has 1 saturated heterocycles. The van der Waals surface area contributed by atoms with E-state index in [1.165, 1.54) is 5.56 Å². The number of nitrogens with zero attached hydrogens (tertiary/aromatic N) is 3. The van der Waals surface area contributed by atoms with Gasteiger partial charge >= 0.3 is 0 Å². The van der Waals surface area contributed by atoms with Crippen molar-refractivity contribution in [2.45, 2.75) is 38.5 Å². The van der Waals surface area contributed by atoms with Crippen LogP contribution in [0, 0.1) is 0 Å². The monoisotopic (exact) mass is 395 g/mol. The van der Waals surface area contributed by atoms with Gasteiger partial charge in [-0.25, -0.2) is 0 Å². The zero-order chi connectivity index (χ0) is 20.3. The van der Waals surface area contributed by atoms with Crippen LogP contribution in [0.1, 0.15) is 25.3 Å². The highest BCUT2D eigenvalue weighted by Gasteiger charge is 2.33.